The Morgan fingerprint density at radius 3 is 2.90 bits per heavy atom. The average molecular weight is 299 g/mol. The van der Waals surface area contributed by atoms with Gasteiger partial charge in [0.25, 0.3) is 5.69 Å². The van der Waals surface area contributed by atoms with Gasteiger partial charge in [-0.2, -0.15) is 0 Å². The molecule has 0 spiro atoms. The van der Waals surface area contributed by atoms with Gasteiger partial charge in [0.2, 0.25) is 0 Å². The first-order valence-corrected chi connectivity index (χ1v) is 7.13. The van der Waals surface area contributed by atoms with Crippen LogP contribution in [0.1, 0.15) is 31.7 Å². The van der Waals surface area contributed by atoms with Crippen LogP contribution in [-0.4, -0.2) is 33.6 Å². The summed E-state index contributed by atoms with van der Waals surface area (Å²) in [7, 11) is 0. The highest BCUT2D eigenvalue weighted by Gasteiger charge is 2.26. The molecule has 1 fully saturated rings. The molecular weight excluding hydrogens is 280 g/mol. The molecular formula is C14H19ClN2O3. The molecule has 1 N–H and O–H groups in total. The first-order chi connectivity index (χ1) is 9.37. The van der Waals surface area contributed by atoms with E-state index in [1.165, 1.54) is 12.1 Å². The molecule has 0 saturated carbocycles. The van der Waals surface area contributed by atoms with E-state index in [4.69, 9.17) is 11.6 Å². The number of benzene rings is 1. The summed E-state index contributed by atoms with van der Waals surface area (Å²) in [6.07, 6.45) is 2.34. The molecule has 0 aliphatic carbocycles. The minimum atomic E-state index is -0.630. The third kappa shape index (κ3) is 3.91. The molecule has 1 unspecified atom stereocenters. The fourth-order valence-electron chi connectivity index (χ4n) is 2.58. The van der Waals surface area contributed by atoms with E-state index in [9.17, 15) is 15.2 Å². The van der Waals surface area contributed by atoms with Crippen LogP contribution in [0.4, 0.5) is 5.69 Å². The number of rotatable bonds is 3. The lowest BCUT2D eigenvalue weighted by Gasteiger charge is -2.22. The fourth-order valence-corrected chi connectivity index (χ4v) is 2.77. The molecule has 20 heavy (non-hydrogen) atoms. The highest BCUT2D eigenvalue weighted by Crippen LogP contribution is 2.27. The Morgan fingerprint density at radius 1 is 1.45 bits per heavy atom. The summed E-state index contributed by atoms with van der Waals surface area (Å²) in [6, 6.07) is 4.64. The molecule has 1 aliphatic rings. The number of nitrogens with zero attached hydrogens (tertiary/aromatic N) is 2. The largest absolute Gasteiger partial charge is 0.390 e. The number of hydrogen-bond donors (Lipinski definition) is 1. The van der Waals surface area contributed by atoms with Gasteiger partial charge in [-0.1, -0.05) is 11.6 Å². The fraction of sp³-hybridized carbons (Fsp3) is 0.571. The van der Waals surface area contributed by atoms with Gasteiger partial charge < -0.3 is 5.11 Å². The molecule has 1 atom stereocenters. The zero-order chi connectivity index (χ0) is 14.8. The molecule has 0 radical (unpaired) electrons. The van der Waals surface area contributed by atoms with Gasteiger partial charge >= 0.3 is 0 Å². The molecule has 0 amide bonds. The summed E-state index contributed by atoms with van der Waals surface area (Å²) in [5.41, 5.74) is 0.101. The molecule has 1 saturated heterocycles. The maximum atomic E-state index is 11.0. The van der Waals surface area contributed by atoms with E-state index in [0.717, 1.165) is 25.9 Å². The van der Waals surface area contributed by atoms with Crippen molar-refractivity contribution in [1.82, 2.24) is 4.90 Å². The summed E-state index contributed by atoms with van der Waals surface area (Å²) >= 11 is 5.94. The lowest BCUT2D eigenvalue weighted by Crippen LogP contribution is -2.28. The molecule has 1 aliphatic heterocycles. The normalized spacial score (nSPS) is 24.4. The number of halogens is 1. The van der Waals surface area contributed by atoms with E-state index in [0.29, 0.717) is 23.6 Å². The van der Waals surface area contributed by atoms with Crippen molar-refractivity contribution < 1.29 is 10.0 Å². The van der Waals surface area contributed by atoms with Gasteiger partial charge in [-0.15, -0.1) is 0 Å². The number of nitro groups is 1. The minimum absolute atomic E-state index is 0.102. The standard InChI is InChI=1S/C14H19ClN2O3/c1-14(18)5-2-7-16(8-6-14)10-11-9-12(15)3-4-13(11)17(19)20/h3-4,9,18H,2,5-8,10H2,1H3. The Kier molecular flexibility index (Phi) is 4.62. The predicted octanol–water partition coefficient (Wildman–Crippen LogP) is 2.99. The van der Waals surface area contributed by atoms with Gasteiger partial charge in [-0.3, -0.25) is 15.0 Å². The van der Waals surface area contributed by atoms with Crippen molar-refractivity contribution in [2.45, 2.75) is 38.3 Å². The molecule has 0 bridgehead atoms. The summed E-state index contributed by atoms with van der Waals surface area (Å²) in [5.74, 6) is 0. The third-order valence-electron chi connectivity index (χ3n) is 3.79. The Bertz CT molecular complexity index is 505. The average Bonchev–Trinajstić information content (AvgIpc) is 2.51. The van der Waals surface area contributed by atoms with Crippen molar-refractivity contribution in [3.8, 4) is 0 Å². The van der Waals surface area contributed by atoms with Crippen LogP contribution in [-0.2, 0) is 6.54 Å². The van der Waals surface area contributed by atoms with Gasteiger partial charge in [0, 0.05) is 29.7 Å². The lowest BCUT2D eigenvalue weighted by molar-refractivity contribution is -0.385. The third-order valence-corrected chi connectivity index (χ3v) is 4.02. The maximum absolute atomic E-state index is 11.0. The Balaban J connectivity index is 2.13. The van der Waals surface area contributed by atoms with E-state index >= 15 is 0 Å². The van der Waals surface area contributed by atoms with E-state index < -0.39 is 5.60 Å². The first-order valence-electron chi connectivity index (χ1n) is 6.75. The van der Waals surface area contributed by atoms with Gasteiger partial charge in [0.05, 0.1) is 10.5 Å². The molecule has 6 heteroatoms. The van der Waals surface area contributed by atoms with Gasteiger partial charge in [-0.25, -0.2) is 0 Å². The van der Waals surface area contributed by atoms with Crippen LogP contribution in [0.3, 0.4) is 0 Å². The SMILES string of the molecule is CC1(O)CCCN(Cc2cc(Cl)ccc2[N+](=O)[O-])CC1. The second-order valence-corrected chi connectivity index (χ2v) is 6.09. The summed E-state index contributed by atoms with van der Waals surface area (Å²) < 4.78 is 0. The monoisotopic (exact) mass is 298 g/mol. The number of aliphatic hydroxyl groups is 1. The van der Waals surface area contributed by atoms with Crippen LogP contribution in [0.25, 0.3) is 0 Å². The van der Waals surface area contributed by atoms with E-state index in [-0.39, 0.29) is 10.6 Å². The summed E-state index contributed by atoms with van der Waals surface area (Å²) in [5, 5.41) is 21.6. The molecule has 1 aromatic rings. The molecule has 1 aromatic carbocycles. The Morgan fingerprint density at radius 2 is 2.20 bits per heavy atom. The maximum Gasteiger partial charge on any atom is 0.273 e. The van der Waals surface area contributed by atoms with Crippen LogP contribution in [0, 0.1) is 10.1 Å². The van der Waals surface area contributed by atoms with Crippen LogP contribution in [0.5, 0.6) is 0 Å². The van der Waals surface area contributed by atoms with Crippen molar-refractivity contribution in [3.05, 3.63) is 38.9 Å². The van der Waals surface area contributed by atoms with Crippen molar-refractivity contribution in [3.63, 3.8) is 0 Å². The molecule has 110 valence electrons. The van der Waals surface area contributed by atoms with Crippen LogP contribution < -0.4 is 0 Å². The zero-order valence-electron chi connectivity index (χ0n) is 11.5. The zero-order valence-corrected chi connectivity index (χ0v) is 12.3. The Labute approximate surface area is 123 Å². The van der Waals surface area contributed by atoms with Crippen LogP contribution >= 0.6 is 11.6 Å². The second-order valence-electron chi connectivity index (χ2n) is 5.66. The van der Waals surface area contributed by atoms with Gasteiger partial charge in [0.1, 0.15) is 0 Å². The predicted molar refractivity (Wildman–Crippen MR) is 77.9 cm³/mol. The minimum Gasteiger partial charge on any atom is -0.390 e. The molecule has 5 nitrogen and oxygen atoms in total. The van der Waals surface area contributed by atoms with Gasteiger partial charge in [-0.05, 0) is 44.9 Å². The van der Waals surface area contributed by atoms with Gasteiger partial charge in [0.15, 0.2) is 0 Å². The van der Waals surface area contributed by atoms with E-state index in [2.05, 4.69) is 4.90 Å². The second kappa shape index (κ2) is 6.08. The summed E-state index contributed by atoms with van der Waals surface area (Å²) in [6.45, 7) is 3.90. The Hall–Kier alpha value is -1.17. The van der Waals surface area contributed by atoms with Crippen molar-refractivity contribution >= 4 is 17.3 Å². The molecule has 0 aromatic heterocycles. The number of nitro benzene ring substituents is 1. The van der Waals surface area contributed by atoms with Crippen molar-refractivity contribution in [1.29, 1.82) is 0 Å². The van der Waals surface area contributed by atoms with Crippen LogP contribution in [0.2, 0.25) is 5.02 Å². The summed E-state index contributed by atoms with van der Waals surface area (Å²) in [4.78, 5) is 12.8. The first kappa shape index (κ1) is 15.2. The van der Waals surface area contributed by atoms with Crippen molar-refractivity contribution in [2.75, 3.05) is 13.1 Å². The highest BCUT2D eigenvalue weighted by molar-refractivity contribution is 6.30. The number of hydrogen-bond acceptors (Lipinski definition) is 4. The topological polar surface area (TPSA) is 66.6 Å². The quantitative estimate of drug-likeness (QED) is 0.688. The van der Waals surface area contributed by atoms with E-state index in [1.807, 2.05) is 6.92 Å². The number of likely N-dealkylation sites (tertiary alicyclic amines) is 1. The smallest absolute Gasteiger partial charge is 0.273 e. The highest BCUT2D eigenvalue weighted by atomic mass is 35.5. The molecule has 1 heterocycles. The lowest BCUT2D eigenvalue weighted by atomic mass is 9.98. The van der Waals surface area contributed by atoms with E-state index in [1.54, 1.807) is 6.07 Å². The van der Waals surface area contributed by atoms with Crippen molar-refractivity contribution in [2.24, 2.45) is 0 Å². The van der Waals surface area contributed by atoms with Crippen LogP contribution in [0.15, 0.2) is 18.2 Å². The molecule has 2 rings (SSSR count).